The third-order valence-electron chi connectivity index (χ3n) is 5.54. The Labute approximate surface area is 183 Å². The summed E-state index contributed by atoms with van der Waals surface area (Å²) in [5, 5.41) is 5.14. The summed E-state index contributed by atoms with van der Waals surface area (Å²) in [4.78, 5) is 22.7. The van der Waals surface area contributed by atoms with Crippen molar-refractivity contribution in [3.05, 3.63) is 47.5 Å². The van der Waals surface area contributed by atoms with Crippen molar-refractivity contribution < 1.29 is 26.6 Å². The Hall–Kier alpha value is -2.89. The van der Waals surface area contributed by atoms with Gasteiger partial charge in [0.15, 0.2) is 11.6 Å². The van der Waals surface area contributed by atoms with E-state index in [0.717, 1.165) is 11.1 Å². The zero-order valence-electron chi connectivity index (χ0n) is 16.9. The van der Waals surface area contributed by atoms with Crippen molar-refractivity contribution in [3.63, 3.8) is 0 Å². The van der Waals surface area contributed by atoms with Gasteiger partial charge in [0.2, 0.25) is 5.91 Å². The monoisotopic (exact) mass is 469 g/mol. The molecule has 32 heavy (non-hydrogen) atoms. The Bertz CT molecular complexity index is 1100. The summed E-state index contributed by atoms with van der Waals surface area (Å²) in [5.74, 6) is -4.96. The largest absolute Gasteiger partial charge is 0.354 e. The Morgan fingerprint density at radius 1 is 1.19 bits per heavy atom. The van der Waals surface area contributed by atoms with Gasteiger partial charge in [0.1, 0.15) is 29.2 Å². The van der Waals surface area contributed by atoms with E-state index in [1.54, 1.807) is 4.90 Å². The van der Waals surface area contributed by atoms with Gasteiger partial charge in [-0.1, -0.05) is 0 Å². The molecule has 1 aromatic carbocycles. The molecule has 2 aliphatic rings. The van der Waals surface area contributed by atoms with Gasteiger partial charge in [-0.25, -0.2) is 32.5 Å². The molecule has 0 aliphatic carbocycles. The molecule has 1 saturated heterocycles. The summed E-state index contributed by atoms with van der Waals surface area (Å²) in [7, 11) is -1.33. The van der Waals surface area contributed by atoms with Crippen LogP contribution in [0.3, 0.4) is 0 Å². The summed E-state index contributed by atoms with van der Waals surface area (Å²) >= 11 is 0. The van der Waals surface area contributed by atoms with Gasteiger partial charge in [-0.15, -0.1) is 0 Å². The fourth-order valence-corrected chi connectivity index (χ4v) is 4.39. The molecule has 0 spiro atoms. The summed E-state index contributed by atoms with van der Waals surface area (Å²) < 4.78 is 68.3. The number of halogens is 4. The number of hydrazone groups is 1. The molecule has 0 bridgehead atoms. The molecule has 1 aromatic heterocycles. The summed E-state index contributed by atoms with van der Waals surface area (Å²) in [6, 6.07) is 1.69. The maximum atomic E-state index is 15.0. The van der Waals surface area contributed by atoms with E-state index >= 15 is 4.39 Å². The van der Waals surface area contributed by atoms with Crippen LogP contribution < -0.4 is 4.90 Å². The highest BCUT2D eigenvalue weighted by molar-refractivity contribution is 7.84. The van der Waals surface area contributed by atoms with Crippen LogP contribution >= 0.6 is 0 Å². The van der Waals surface area contributed by atoms with Crippen molar-refractivity contribution >= 4 is 28.7 Å². The second kappa shape index (κ2) is 8.93. The van der Waals surface area contributed by atoms with Crippen molar-refractivity contribution in [2.75, 3.05) is 24.2 Å². The first kappa shape index (κ1) is 22.3. The first-order chi connectivity index (χ1) is 15.3. The van der Waals surface area contributed by atoms with Gasteiger partial charge in [-0.2, -0.15) is 5.10 Å². The minimum atomic E-state index is -1.59. The predicted octanol–water partition coefficient (Wildman–Crippen LogP) is 2.76. The molecular weight excluding hydrogens is 450 g/mol. The van der Waals surface area contributed by atoms with Gasteiger partial charge in [0.25, 0.3) is 0 Å². The number of amides is 1. The standard InChI is InChI=1S/C20H19F4N5O2S/c1-32(31)18-8-17(25-10-26-18)28-5-3-12(15(23)9-28)20(30)29-16(2-4-27-29)13-6-11(21)7-14(22)19(13)24/h4,6-8,10,12,15-16H,2-3,5,9H2,1H3/t12-,15+,16-,32+/m0/s1. The molecule has 1 fully saturated rings. The normalized spacial score (nSPS) is 24.1. The summed E-state index contributed by atoms with van der Waals surface area (Å²) in [6.45, 7) is 0.142. The highest BCUT2D eigenvalue weighted by Crippen LogP contribution is 2.35. The number of benzene rings is 1. The molecule has 2 aliphatic heterocycles. The van der Waals surface area contributed by atoms with E-state index in [0.29, 0.717) is 16.9 Å². The van der Waals surface area contributed by atoms with Crippen LogP contribution in [0.15, 0.2) is 34.7 Å². The number of hydrogen-bond donors (Lipinski definition) is 0. The lowest BCUT2D eigenvalue weighted by Gasteiger charge is -2.36. The second-order valence-electron chi connectivity index (χ2n) is 7.55. The molecule has 0 N–H and O–H groups in total. The average Bonchev–Trinajstić information content (AvgIpc) is 3.25. The highest BCUT2D eigenvalue weighted by Gasteiger charge is 2.41. The van der Waals surface area contributed by atoms with Crippen LogP contribution in [-0.2, 0) is 15.6 Å². The fourth-order valence-electron chi connectivity index (χ4n) is 3.92. The molecule has 4 rings (SSSR count). The summed E-state index contributed by atoms with van der Waals surface area (Å²) in [5.41, 5.74) is -0.345. The van der Waals surface area contributed by atoms with E-state index in [4.69, 9.17) is 0 Å². The van der Waals surface area contributed by atoms with Crippen molar-refractivity contribution in [3.8, 4) is 0 Å². The Balaban J connectivity index is 1.50. The van der Waals surface area contributed by atoms with Gasteiger partial charge in [0, 0.05) is 43.1 Å². The van der Waals surface area contributed by atoms with E-state index in [1.165, 1.54) is 24.9 Å². The zero-order valence-corrected chi connectivity index (χ0v) is 17.7. The number of piperidine rings is 1. The van der Waals surface area contributed by atoms with Crippen LogP contribution in [-0.4, -0.2) is 56.8 Å². The van der Waals surface area contributed by atoms with Crippen molar-refractivity contribution in [2.45, 2.75) is 30.1 Å². The van der Waals surface area contributed by atoms with Gasteiger partial charge < -0.3 is 4.90 Å². The van der Waals surface area contributed by atoms with Gasteiger partial charge in [-0.3, -0.25) is 9.00 Å². The van der Waals surface area contributed by atoms with E-state index in [2.05, 4.69) is 15.1 Å². The van der Waals surface area contributed by atoms with Crippen LogP contribution in [0.5, 0.6) is 0 Å². The molecule has 0 saturated carbocycles. The quantitative estimate of drug-likeness (QED) is 0.391. The van der Waals surface area contributed by atoms with E-state index in [1.807, 2.05) is 0 Å². The minimum Gasteiger partial charge on any atom is -0.354 e. The van der Waals surface area contributed by atoms with Crippen LogP contribution in [0.2, 0.25) is 0 Å². The smallest absolute Gasteiger partial charge is 0.249 e. The van der Waals surface area contributed by atoms with Gasteiger partial charge >= 0.3 is 0 Å². The van der Waals surface area contributed by atoms with Gasteiger partial charge in [-0.05, 0) is 12.5 Å². The number of alkyl halides is 1. The second-order valence-corrected chi connectivity index (χ2v) is 8.88. The van der Waals surface area contributed by atoms with Gasteiger partial charge in [0.05, 0.1) is 29.3 Å². The highest BCUT2D eigenvalue weighted by atomic mass is 32.2. The number of carbonyl (C=O) groups is 1. The Morgan fingerprint density at radius 2 is 1.97 bits per heavy atom. The van der Waals surface area contributed by atoms with Crippen molar-refractivity contribution in [1.82, 2.24) is 15.0 Å². The molecular formula is C20H19F4N5O2S. The molecule has 0 unspecified atom stereocenters. The number of aromatic nitrogens is 2. The molecule has 0 radical (unpaired) electrons. The van der Waals surface area contributed by atoms with E-state index in [-0.39, 0.29) is 31.5 Å². The third-order valence-corrected chi connectivity index (χ3v) is 6.35. The molecule has 170 valence electrons. The van der Waals surface area contributed by atoms with E-state index < -0.39 is 52.3 Å². The number of rotatable bonds is 4. The molecule has 4 atom stereocenters. The molecule has 3 heterocycles. The average molecular weight is 469 g/mol. The number of carbonyl (C=O) groups excluding carboxylic acids is 1. The fraction of sp³-hybridized carbons (Fsp3) is 0.400. The lowest BCUT2D eigenvalue weighted by molar-refractivity contribution is -0.140. The number of anilines is 1. The molecule has 7 nitrogen and oxygen atoms in total. The first-order valence-corrected chi connectivity index (χ1v) is 11.4. The van der Waals surface area contributed by atoms with Crippen LogP contribution in [0.25, 0.3) is 0 Å². The number of nitrogens with zero attached hydrogens (tertiary/aromatic N) is 5. The molecule has 12 heteroatoms. The first-order valence-electron chi connectivity index (χ1n) is 9.80. The van der Waals surface area contributed by atoms with Crippen LogP contribution in [0.4, 0.5) is 23.4 Å². The summed E-state index contributed by atoms with van der Waals surface area (Å²) in [6.07, 6.45) is 2.63. The topological polar surface area (TPSA) is 78.8 Å². The lowest BCUT2D eigenvalue weighted by Crippen LogP contribution is -2.48. The van der Waals surface area contributed by atoms with E-state index in [9.17, 15) is 22.2 Å². The molecule has 1 amide bonds. The maximum Gasteiger partial charge on any atom is 0.249 e. The van der Waals surface area contributed by atoms with Crippen LogP contribution in [0.1, 0.15) is 24.4 Å². The number of hydrogen-bond acceptors (Lipinski definition) is 6. The van der Waals surface area contributed by atoms with Crippen LogP contribution in [0, 0.1) is 23.4 Å². The van der Waals surface area contributed by atoms with Crippen molar-refractivity contribution in [1.29, 1.82) is 0 Å². The Kier molecular flexibility index (Phi) is 6.22. The zero-order chi connectivity index (χ0) is 23.0. The van der Waals surface area contributed by atoms with Crippen molar-refractivity contribution in [2.24, 2.45) is 11.0 Å². The Morgan fingerprint density at radius 3 is 2.69 bits per heavy atom. The maximum absolute atomic E-state index is 15.0. The SMILES string of the molecule is C[S@@](=O)c1cc(N2CC[C@H](C(=O)N3N=CC[C@H]3c3cc(F)cc(F)c3F)[C@H](F)C2)ncn1. The predicted molar refractivity (Wildman–Crippen MR) is 109 cm³/mol. The molecule has 2 aromatic rings. The lowest BCUT2D eigenvalue weighted by atomic mass is 9.92. The third kappa shape index (κ3) is 4.23. The minimum absolute atomic E-state index is 0.0548.